The van der Waals surface area contributed by atoms with Crippen molar-refractivity contribution in [3.8, 4) is 22.6 Å². The van der Waals surface area contributed by atoms with Gasteiger partial charge in [0.2, 0.25) is 0 Å². The summed E-state index contributed by atoms with van der Waals surface area (Å²) < 4.78 is 16.3. The number of benzene rings is 2. The van der Waals surface area contributed by atoms with Gasteiger partial charge in [-0.15, -0.1) is 0 Å². The largest absolute Gasteiger partial charge is 0.493 e. The molecule has 0 aliphatic carbocycles. The second-order valence-corrected chi connectivity index (χ2v) is 6.12. The van der Waals surface area contributed by atoms with E-state index < -0.39 is 6.10 Å². The molecule has 1 aromatic heterocycles. The maximum atomic E-state index is 12.7. The van der Waals surface area contributed by atoms with Gasteiger partial charge in [-0.25, -0.2) is 0 Å². The molecule has 0 aliphatic heterocycles. The van der Waals surface area contributed by atoms with Crippen LogP contribution < -0.4 is 14.8 Å². The highest BCUT2D eigenvalue weighted by Crippen LogP contribution is 2.31. The number of anilines is 1. The van der Waals surface area contributed by atoms with Crippen molar-refractivity contribution in [3.63, 3.8) is 0 Å². The Balaban J connectivity index is 1.80. The van der Waals surface area contributed by atoms with Crippen LogP contribution in [0.3, 0.4) is 0 Å². The fraction of sp³-hybridized carbons (Fsp3) is 0.238. The van der Waals surface area contributed by atoms with Gasteiger partial charge in [-0.05, 0) is 24.6 Å². The summed E-state index contributed by atoms with van der Waals surface area (Å²) in [6, 6.07) is 16.9. The third-order valence-corrected chi connectivity index (χ3v) is 4.18. The molecule has 0 spiro atoms. The molecule has 1 atom stereocenters. The van der Waals surface area contributed by atoms with Gasteiger partial charge in [0.15, 0.2) is 23.4 Å². The first-order chi connectivity index (χ1) is 13.6. The number of nitrogens with one attached hydrogen (secondary N) is 2. The third-order valence-electron chi connectivity index (χ3n) is 4.18. The number of hydrogen-bond donors (Lipinski definition) is 2. The first-order valence-electron chi connectivity index (χ1n) is 8.86. The Labute approximate surface area is 163 Å². The Bertz CT molecular complexity index is 924. The van der Waals surface area contributed by atoms with Gasteiger partial charge < -0.3 is 19.5 Å². The van der Waals surface area contributed by atoms with E-state index in [0.29, 0.717) is 23.9 Å². The van der Waals surface area contributed by atoms with Gasteiger partial charge >= 0.3 is 0 Å². The molecule has 3 rings (SSSR count). The number of aromatic nitrogens is 2. The van der Waals surface area contributed by atoms with E-state index in [4.69, 9.17) is 14.2 Å². The molecule has 7 nitrogen and oxygen atoms in total. The predicted molar refractivity (Wildman–Crippen MR) is 106 cm³/mol. The van der Waals surface area contributed by atoms with E-state index in [9.17, 15) is 4.79 Å². The van der Waals surface area contributed by atoms with Crippen molar-refractivity contribution in [3.05, 3.63) is 60.3 Å². The third kappa shape index (κ3) is 4.32. The summed E-state index contributed by atoms with van der Waals surface area (Å²) >= 11 is 0. The second-order valence-electron chi connectivity index (χ2n) is 6.12. The highest BCUT2D eigenvalue weighted by atomic mass is 16.5. The van der Waals surface area contributed by atoms with Crippen molar-refractivity contribution < 1.29 is 19.0 Å². The van der Waals surface area contributed by atoms with Gasteiger partial charge in [-0.2, -0.15) is 5.10 Å². The van der Waals surface area contributed by atoms with Crippen LogP contribution in [0.4, 0.5) is 5.82 Å². The number of carbonyl (C=O) groups excluding carboxylic acids is 1. The summed E-state index contributed by atoms with van der Waals surface area (Å²) in [6.45, 7) is 2.02. The maximum Gasteiger partial charge on any atom is 0.266 e. The predicted octanol–water partition coefficient (Wildman–Crippen LogP) is 3.64. The van der Waals surface area contributed by atoms with E-state index in [-0.39, 0.29) is 5.91 Å². The molecule has 1 amide bonds. The second kappa shape index (κ2) is 9.05. The van der Waals surface area contributed by atoms with Crippen LogP contribution in [0.25, 0.3) is 11.1 Å². The maximum absolute atomic E-state index is 12.7. The lowest BCUT2D eigenvalue weighted by Gasteiger charge is -2.16. The lowest BCUT2D eigenvalue weighted by molar-refractivity contribution is -0.122. The molecular weight excluding hydrogens is 358 g/mol. The molecule has 2 N–H and O–H groups in total. The van der Waals surface area contributed by atoms with Crippen molar-refractivity contribution in [1.29, 1.82) is 0 Å². The molecule has 0 bridgehead atoms. The number of H-pyrrole nitrogens is 1. The minimum absolute atomic E-state index is 0.321. The van der Waals surface area contributed by atoms with Gasteiger partial charge in [0.05, 0.1) is 19.4 Å². The van der Waals surface area contributed by atoms with Crippen LogP contribution in [-0.4, -0.2) is 36.4 Å². The van der Waals surface area contributed by atoms with Gasteiger partial charge in [0.25, 0.3) is 5.91 Å². The lowest BCUT2D eigenvalue weighted by atomic mass is 10.1. The summed E-state index contributed by atoms with van der Waals surface area (Å²) in [5.74, 6) is 1.17. The standard InChI is InChI=1S/C21H23N3O4/c1-14(28-18-12-8-7-11-17(18)27-3)21(25)22-20-19(15-9-5-4-6-10-15)16(13-26-2)23-24-20/h4-12,14H,13H2,1-3H3,(H2,22,23,24,25). The number of methoxy groups -OCH3 is 2. The first kappa shape index (κ1) is 19.4. The molecule has 7 heteroatoms. The summed E-state index contributed by atoms with van der Waals surface area (Å²) in [5, 5.41) is 10.0. The average molecular weight is 381 g/mol. The number of para-hydroxylation sites is 2. The molecule has 0 fully saturated rings. The van der Waals surface area contributed by atoms with Crippen LogP contribution in [0.1, 0.15) is 12.6 Å². The zero-order valence-electron chi connectivity index (χ0n) is 16.1. The highest BCUT2D eigenvalue weighted by Gasteiger charge is 2.21. The van der Waals surface area contributed by atoms with Crippen molar-refractivity contribution in [2.24, 2.45) is 0 Å². The summed E-state index contributed by atoms with van der Waals surface area (Å²) in [6.07, 6.45) is -0.748. The van der Waals surface area contributed by atoms with E-state index in [2.05, 4.69) is 15.5 Å². The Morgan fingerprint density at radius 1 is 1.07 bits per heavy atom. The molecule has 1 unspecified atom stereocenters. The van der Waals surface area contributed by atoms with Crippen molar-refractivity contribution >= 4 is 11.7 Å². The van der Waals surface area contributed by atoms with Gasteiger partial charge in [0.1, 0.15) is 0 Å². The Morgan fingerprint density at radius 2 is 1.75 bits per heavy atom. The monoisotopic (exact) mass is 381 g/mol. The van der Waals surface area contributed by atoms with E-state index >= 15 is 0 Å². The molecule has 0 radical (unpaired) electrons. The lowest BCUT2D eigenvalue weighted by Crippen LogP contribution is -2.30. The first-order valence-corrected chi connectivity index (χ1v) is 8.86. The van der Waals surface area contributed by atoms with E-state index in [1.54, 1.807) is 33.3 Å². The van der Waals surface area contributed by atoms with Crippen LogP contribution in [0.5, 0.6) is 11.5 Å². The van der Waals surface area contributed by atoms with Crippen LogP contribution >= 0.6 is 0 Å². The molecular formula is C21H23N3O4. The number of aromatic amines is 1. The quantitative estimate of drug-likeness (QED) is 0.622. The molecule has 3 aromatic rings. The molecule has 0 saturated carbocycles. The minimum Gasteiger partial charge on any atom is -0.493 e. The number of amides is 1. The Kier molecular flexibility index (Phi) is 6.29. The average Bonchev–Trinajstić information content (AvgIpc) is 3.11. The number of ether oxygens (including phenoxy) is 3. The van der Waals surface area contributed by atoms with E-state index in [1.165, 1.54) is 0 Å². The number of carbonyl (C=O) groups is 1. The van der Waals surface area contributed by atoms with Gasteiger partial charge in [-0.3, -0.25) is 9.89 Å². The fourth-order valence-electron chi connectivity index (χ4n) is 2.81. The minimum atomic E-state index is -0.748. The summed E-state index contributed by atoms with van der Waals surface area (Å²) in [4.78, 5) is 12.7. The van der Waals surface area contributed by atoms with Crippen molar-refractivity contribution in [2.45, 2.75) is 19.6 Å². The molecule has 28 heavy (non-hydrogen) atoms. The normalized spacial score (nSPS) is 11.7. The topological polar surface area (TPSA) is 85.5 Å². The van der Waals surface area contributed by atoms with Gasteiger partial charge in [-0.1, -0.05) is 42.5 Å². The summed E-state index contributed by atoms with van der Waals surface area (Å²) in [7, 11) is 3.16. The molecule has 2 aromatic carbocycles. The molecule has 1 heterocycles. The summed E-state index contributed by atoms with van der Waals surface area (Å²) in [5.41, 5.74) is 2.50. The molecule has 0 saturated heterocycles. The van der Waals surface area contributed by atoms with Crippen LogP contribution in [0.2, 0.25) is 0 Å². The molecule has 146 valence electrons. The zero-order chi connectivity index (χ0) is 19.9. The Morgan fingerprint density at radius 3 is 2.43 bits per heavy atom. The molecule has 0 aliphatic rings. The smallest absolute Gasteiger partial charge is 0.266 e. The fourth-order valence-corrected chi connectivity index (χ4v) is 2.81. The van der Waals surface area contributed by atoms with Crippen LogP contribution in [0, 0.1) is 0 Å². The number of nitrogens with zero attached hydrogens (tertiary/aromatic N) is 1. The Hall–Kier alpha value is -3.32. The number of rotatable bonds is 8. The van der Waals surface area contributed by atoms with E-state index in [0.717, 1.165) is 16.8 Å². The zero-order valence-corrected chi connectivity index (χ0v) is 16.1. The van der Waals surface area contributed by atoms with E-state index in [1.807, 2.05) is 42.5 Å². The van der Waals surface area contributed by atoms with Gasteiger partial charge in [0, 0.05) is 12.7 Å². The van der Waals surface area contributed by atoms with Crippen LogP contribution in [0.15, 0.2) is 54.6 Å². The van der Waals surface area contributed by atoms with Crippen LogP contribution in [-0.2, 0) is 16.1 Å². The highest BCUT2D eigenvalue weighted by molar-refractivity contribution is 5.97. The van der Waals surface area contributed by atoms with Crippen molar-refractivity contribution in [1.82, 2.24) is 10.2 Å². The number of hydrogen-bond acceptors (Lipinski definition) is 5. The SMILES string of the molecule is COCc1[nH]nc(NC(=O)C(C)Oc2ccccc2OC)c1-c1ccccc1. The van der Waals surface area contributed by atoms with Crippen molar-refractivity contribution in [2.75, 3.05) is 19.5 Å².